The van der Waals surface area contributed by atoms with E-state index in [9.17, 15) is 15.0 Å². The van der Waals surface area contributed by atoms with Crippen LogP contribution in [0.15, 0.2) is 65.5 Å². The van der Waals surface area contributed by atoms with Gasteiger partial charge in [0, 0.05) is 12.6 Å². The number of nitrogens with one attached hydrogen (secondary N) is 2. The van der Waals surface area contributed by atoms with Crippen LogP contribution in [0, 0.1) is 0 Å². The van der Waals surface area contributed by atoms with E-state index in [4.69, 9.17) is 0 Å². The van der Waals surface area contributed by atoms with Gasteiger partial charge in [0.15, 0.2) is 5.88 Å². The minimum atomic E-state index is -0.430. The number of pyridine rings is 1. The number of nitrogens with zero attached hydrogens (tertiary/aromatic N) is 2. The first kappa shape index (κ1) is 15.8. The van der Waals surface area contributed by atoms with Crippen molar-refractivity contribution in [2.75, 3.05) is 5.32 Å². The van der Waals surface area contributed by atoms with E-state index < -0.39 is 5.56 Å². The predicted molar refractivity (Wildman–Crippen MR) is 98.8 cm³/mol. The third kappa shape index (κ3) is 2.86. The van der Waals surface area contributed by atoms with Crippen LogP contribution in [-0.2, 0) is 6.54 Å². The van der Waals surface area contributed by atoms with Gasteiger partial charge in [-0.15, -0.1) is 0 Å². The Morgan fingerprint density at radius 3 is 2.62 bits per heavy atom. The third-order valence-corrected chi connectivity index (χ3v) is 4.03. The van der Waals surface area contributed by atoms with Gasteiger partial charge in [-0.2, -0.15) is 5.10 Å². The lowest BCUT2D eigenvalue weighted by Gasteiger charge is -2.10. The number of rotatable bonds is 4. The summed E-state index contributed by atoms with van der Waals surface area (Å²) in [5.74, 6) is 0.448. The molecule has 0 fully saturated rings. The SMILES string of the molecule is O=c1[nH]c(O)cc2nn(-c3ccccc3)c(NCc3cccc(O)c3)c12. The molecule has 7 heteroatoms. The molecule has 2 heterocycles. The quantitative estimate of drug-likeness (QED) is 0.454. The second-order valence-electron chi connectivity index (χ2n) is 5.86. The molecule has 0 aliphatic carbocycles. The molecule has 0 aliphatic heterocycles. The van der Waals surface area contributed by atoms with Crippen molar-refractivity contribution in [2.24, 2.45) is 0 Å². The number of hydrogen-bond acceptors (Lipinski definition) is 5. The maximum absolute atomic E-state index is 12.4. The van der Waals surface area contributed by atoms with Gasteiger partial charge in [-0.25, -0.2) is 4.68 Å². The maximum atomic E-state index is 12.4. The van der Waals surface area contributed by atoms with Gasteiger partial charge in [0.1, 0.15) is 22.5 Å². The zero-order chi connectivity index (χ0) is 18.1. The zero-order valence-corrected chi connectivity index (χ0v) is 13.7. The number of fused-ring (bicyclic) bond motifs is 1. The molecule has 0 spiro atoms. The van der Waals surface area contributed by atoms with Crippen molar-refractivity contribution in [2.45, 2.75) is 6.54 Å². The fraction of sp³-hybridized carbons (Fsp3) is 0.0526. The Morgan fingerprint density at radius 1 is 1.04 bits per heavy atom. The molecule has 0 saturated carbocycles. The molecule has 0 unspecified atom stereocenters. The molecule has 7 nitrogen and oxygen atoms in total. The molecule has 130 valence electrons. The normalized spacial score (nSPS) is 10.9. The summed E-state index contributed by atoms with van der Waals surface area (Å²) in [6, 6.07) is 17.7. The average molecular weight is 348 g/mol. The van der Waals surface area contributed by atoms with Crippen LogP contribution in [0.1, 0.15) is 5.56 Å². The monoisotopic (exact) mass is 348 g/mol. The molecular weight excluding hydrogens is 332 g/mol. The van der Waals surface area contributed by atoms with E-state index in [1.54, 1.807) is 22.9 Å². The highest BCUT2D eigenvalue weighted by atomic mass is 16.3. The van der Waals surface area contributed by atoms with Crippen LogP contribution in [0.25, 0.3) is 16.6 Å². The lowest BCUT2D eigenvalue weighted by molar-refractivity contribution is 0.453. The zero-order valence-electron chi connectivity index (χ0n) is 13.7. The van der Waals surface area contributed by atoms with Crippen LogP contribution in [0.3, 0.4) is 0 Å². The average Bonchev–Trinajstić information content (AvgIpc) is 2.99. The summed E-state index contributed by atoms with van der Waals surface area (Å²) in [4.78, 5) is 14.8. The smallest absolute Gasteiger partial charge is 0.264 e. The second kappa shape index (κ2) is 6.29. The number of phenols is 1. The van der Waals surface area contributed by atoms with Gasteiger partial charge >= 0.3 is 0 Å². The van der Waals surface area contributed by atoms with Gasteiger partial charge < -0.3 is 15.5 Å². The first-order chi connectivity index (χ1) is 12.6. The van der Waals surface area contributed by atoms with Crippen molar-refractivity contribution in [1.29, 1.82) is 0 Å². The highest BCUT2D eigenvalue weighted by Crippen LogP contribution is 2.26. The number of anilines is 1. The molecule has 2 aromatic heterocycles. The second-order valence-corrected chi connectivity index (χ2v) is 5.86. The molecule has 0 radical (unpaired) electrons. The van der Waals surface area contributed by atoms with Crippen LogP contribution < -0.4 is 10.9 Å². The van der Waals surface area contributed by atoms with E-state index in [1.165, 1.54) is 6.07 Å². The largest absolute Gasteiger partial charge is 0.508 e. The van der Waals surface area contributed by atoms with Crippen LogP contribution in [0.2, 0.25) is 0 Å². The number of hydrogen-bond donors (Lipinski definition) is 4. The fourth-order valence-electron chi connectivity index (χ4n) is 2.88. The molecule has 4 N–H and O–H groups in total. The number of para-hydroxylation sites is 1. The Kier molecular flexibility index (Phi) is 3.81. The highest BCUT2D eigenvalue weighted by Gasteiger charge is 2.16. The standard InChI is InChI=1S/C19H16N4O3/c24-14-8-4-5-12(9-14)11-20-18-17-15(10-16(25)21-19(17)26)22-23(18)13-6-2-1-3-7-13/h1-10,20,24-25H,11H2,(H,21,26). The topological polar surface area (TPSA) is 103 Å². The van der Waals surface area contributed by atoms with Crippen molar-refractivity contribution in [3.05, 3.63) is 76.6 Å². The van der Waals surface area contributed by atoms with Crippen molar-refractivity contribution >= 4 is 16.7 Å². The fourth-order valence-corrected chi connectivity index (χ4v) is 2.88. The molecule has 0 amide bonds. The van der Waals surface area contributed by atoms with E-state index >= 15 is 0 Å². The molecule has 0 bridgehead atoms. The number of phenolic OH excluding ortho intramolecular Hbond substituents is 1. The predicted octanol–water partition coefficient (Wildman–Crippen LogP) is 2.74. The summed E-state index contributed by atoms with van der Waals surface area (Å²) < 4.78 is 1.63. The minimum absolute atomic E-state index is 0.175. The summed E-state index contributed by atoms with van der Waals surface area (Å²) in [5, 5.41) is 27.3. The number of benzene rings is 2. The maximum Gasteiger partial charge on any atom is 0.264 e. The Labute approximate surface area is 148 Å². The van der Waals surface area contributed by atoms with E-state index in [1.807, 2.05) is 36.4 Å². The molecule has 0 atom stereocenters. The van der Waals surface area contributed by atoms with E-state index in [0.717, 1.165) is 11.3 Å². The number of aromatic nitrogens is 3. The van der Waals surface area contributed by atoms with Crippen molar-refractivity contribution in [3.8, 4) is 17.3 Å². The van der Waals surface area contributed by atoms with E-state index in [-0.39, 0.29) is 11.6 Å². The summed E-state index contributed by atoms with van der Waals surface area (Å²) in [7, 11) is 0. The van der Waals surface area contributed by atoms with Crippen LogP contribution in [0.5, 0.6) is 11.6 Å². The summed E-state index contributed by atoms with van der Waals surface area (Å²) in [6.45, 7) is 0.391. The first-order valence-corrected chi connectivity index (χ1v) is 8.04. The minimum Gasteiger partial charge on any atom is -0.508 e. The summed E-state index contributed by atoms with van der Waals surface area (Å²) >= 11 is 0. The molecule has 0 aliphatic rings. The van der Waals surface area contributed by atoms with E-state index in [2.05, 4.69) is 15.4 Å². The Morgan fingerprint density at radius 2 is 1.85 bits per heavy atom. The van der Waals surface area contributed by atoms with Crippen LogP contribution >= 0.6 is 0 Å². The van der Waals surface area contributed by atoms with Gasteiger partial charge in [-0.3, -0.25) is 9.78 Å². The van der Waals surface area contributed by atoms with Gasteiger partial charge in [0.25, 0.3) is 5.56 Å². The lowest BCUT2D eigenvalue weighted by atomic mass is 10.2. The van der Waals surface area contributed by atoms with Crippen LogP contribution in [0.4, 0.5) is 5.82 Å². The van der Waals surface area contributed by atoms with Crippen molar-refractivity contribution < 1.29 is 10.2 Å². The number of H-pyrrole nitrogens is 1. The van der Waals surface area contributed by atoms with Gasteiger partial charge in [-0.05, 0) is 29.8 Å². The Hall–Kier alpha value is -3.74. The van der Waals surface area contributed by atoms with Gasteiger partial charge in [0.2, 0.25) is 0 Å². The molecule has 0 saturated heterocycles. The molecule has 4 rings (SSSR count). The van der Waals surface area contributed by atoms with Crippen molar-refractivity contribution in [3.63, 3.8) is 0 Å². The third-order valence-electron chi connectivity index (χ3n) is 4.03. The number of aromatic amines is 1. The molecule has 4 aromatic rings. The Bertz CT molecular complexity index is 1130. The molecule has 2 aromatic carbocycles. The summed E-state index contributed by atoms with van der Waals surface area (Å²) in [5.41, 5.74) is 1.59. The highest BCUT2D eigenvalue weighted by molar-refractivity contribution is 5.90. The van der Waals surface area contributed by atoms with Crippen molar-refractivity contribution in [1.82, 2.24) is 14.8 Å². The van der Waals surface area contributed by atoms with Crippen LogP contribution in [-0.4, -0.2) is 25.0 Å². The first-order valence-electron chi connectivity index (χ1n) is 8.04. The van der Waals surface area contributed by atoms with Gasteiger partial charge in [0.05, 0.1) is 5.69 Å². The van der Waals surface area contributed by atoms with E-state index in [0.29, 0.717) is 23.3 Å². The Balaban J connectivity index is 1.84. The van der Waals surface area contributed by atoms with Gasteiger partial charge in [-0.1, -0.05) is 30.3 Å². The summed E-state index contributed by atoms with van der Waals surface area (Å²) in [6.07, 6.45) is 0. The molecular formula is C19H16N4O3. The number of aromatic hydroxyl groups is 2. The molecule has 26 heavy (non-hydrogen) atoms. The lowest BCUT2D eigenvalue weighted by Crippen LogP contribution is -2.10.